The van der Waals surface area contributed by atoms with Gasteiger partial charge in [-0.05, 0) is 17.0 Å². The van der Waals surface area contributed by atoms with E-state index >= 15 is 0 Å². The van der Waals surface area contributed by atoms with Gasteiger partial charge >= 0.3 is 0 Å². The fourth-order valence-electron chi connectivity index (χ4n) is 2.62. The molecule has 0 unspecified atom stereocenters. The number of rotatable bonds is 5. The summed E-state index contributed by atoms with van der Waals surface area (Å²) in [5.74, 6) is 6.80. The molecule has 3 aromatic rings. The zero-order valence-electron chi connectivity index (χ0n) is 13.8. The van der Waals surface area contributed by atoms with Crippen molar-refractivity contribution in [2.45, 2.75) is 11.6 Å². The summed E-state index contributed by atoms with van der Waals surface area (Å²) in [6, 6.07) is 13.8. The van der Waals surface area contributed by atoms with Crippen molar-refractivity contribution in [3.05, 3.63) is 53.4 Å². The summed E-state index contributed by atoms with van der Waals surface area (Å²) in [7, 11) is 0. The van der Waals surface area contributed by atoms with Crippen molar-refractivity contribution in [2.24, 2.45) is 5.10 Å². The maximum absolute atomic E-state index is 12.4. The molecule has 1 aliphatic rings. The lowest BCUT2D eigenvalue weighted by Gasteiger charge is -2.10. The number of thiophene rings is 1. The Labute approximate surface area is 158 Å². The molecule has 132 valence electrons. The zero-order valence-corrected chi connectivity index (χ0v) is 15.4. The Morgan fingerprint density at radius 3 is 2.81 bits per heavy atom. The third-order valence-electron chi connectivity index (χ3n) is 3.93. The van der Waals surface area contributed by atoms with Crippen LogP contribution in [0, 0.1) is 0 Å². The molecule has 4 rings (SSSR count). The summed E-state index contributed by atoms with van der Waals surface area (Å²) in [5, 5.41) is 16.6. The van der Waals surface area contributed by atoms with Crippen molar-refractivity contribution >= 4 is 34.7 Å². The molecule has 1 aromatic carbocycles. The summed E-state index contributed by atoms with van der Waals surface area (Å²) in [4.78, 5) is 13.4. The van der Waals surface area contributed by atoms with Gasteiger partial charge in [-0.25, -0.2) is 9.69 Å². The van der Waals surface area contributed by atoms with Crippen molar-refractivity contribution in [3.8, 4) is 10.7 Å². The van der Waals surface area contributed by atoms with Crippen LogP contribution in [0.1, 0.15) is 12.0 Å². The van der Waals surface area contributed by atoms with E-state index in [0.29, 0.717) is 17.5 Å². The Morgan fingerprint density at radius 1 is 1.19 bits per heavy atom. The van der Waals surface area contributed by atoms with E-state index in [1.54, 1.807) is 11.3 Å². The van der Waals surface area contributed by atoms with E-state index in [2.05, 4.69) is 15.3 Å². The number of thioether (sulfide) groups is 1. The molecule has 26 heavy (non-hydrogen) atoms. The molecule has 0 spiro atoms. The van der Waals surface area contributed by atoms with Crippen molar-refractivity contribution in [2.75, 3.05) is 18.1 Å². The van der Waals surface area contributed by atoms with Gasteiger partial charge in [0.1, 0.15) is 0 Å². The number of nitrogens with two attached hydrogens (primary N) is 1. The molecule has 0 aliphatic carbocycles. The van der Waals surface area contributed by atoms with E-state index in [0.717, 1.165) is 22.6 Å². The summed E-state index contributed by atoms with van der Waals surface area (Å²) in [6.07, 6.45) is 0.760. The highest BCUT2D eigenvalue weighted by Gasteiger charge is 2.22. The first-order chi connectivity index (χ1) is 12.7. The molecule has 2 N–H and O–H groups in total. The summed E-state index contributed by atoms with van der Waals surface area (Å²) >= 11 is 2.81. The van der Waals surface area contributed by atoms with Gasteiger partial charge in [-0.15, -0.1) is 21.5 Å². The quantitative estimate of drug-likeness (QED) is 0.539. The van der Waals surface area contributed by atoms with E-state index in [1.807, 2.05) is 47.8 Å². The van der Waals surface area contributed by atoms with Crippen LogP contribution >= 0.6 is 23.1 Å². The van der Waals surface area contributed by atoms with Crippen LogP contribution in [0.5, 0.6) is 0 Å². The lowest BCUT2D eigenvalue weighted by atomic mass is 10.1. The van der Waals surface area contributed by atoms with Crippen LogP contribution in [0.2, 0.25) is 0 Å². The minimum absolute atomic E-state index is 0.0680. The number of hydrogen-bond acceptors (Lipinski definition) is 7. The second-order valence-corrected chi connectivity index (χ2v) is 7.51. The second-order valence-electron chi connectivity index (χ2n) is 5.62. The number of aromatic nitrogens is 3. The molecular formula is C17H16N6OS2. The van der Waals surface area contributed by atoms with Gasteiger partial charge in [0.25, 0.3) is 5.91 Å². The van der Waals surface area contributed by atoms with Crippen LogP contribution in [-0.2, 0) is 4.79 Å². The number of hydrogen-bond donors (Lipinski definition) is 1. The van der Waals surface area contributed by atoms with Crippen LogP contribution in [0.25, 0.3) is 10.7 Å². The molecule has 7 nitrogen and oxygen atoms in total. The first-order valence-corrected chi connectivity index (χ1v) is 9.89. The summed E-state index contributed by atoms with van der Waals surface area (Å²) < 4.78 is 1.42. The number of nitrogens with zero attached hydrogens (tertiary/aromatic N) is 5. The third kappa shape index (κ3) is 3.35. The average molecular weight is 384 g/mol. The molecule has 0 atom stereocenters. The van der Waals surface area contributed by atoms with Gasteiger partial charge in [0.15, 0.2) is 5.82 Å². The van der Waals surface area contributed by atoms with Crippen molar-refractivity contribution in [1.29, 1.82) is 0 Å². The minimum atomic E-state index is -0.0680. The monoisotopic (exact) mass is 384 g/mol. The molecule has 1 aliphatic heterocycles. The van der Waals surface area contributed by atoms with Gasteiger partial charge in [0, 0.05) is 6.42 Å². The van der Waals surface area contributed by atoms with Crippen LogP contribution in [0.3, 0.4) is 0 Å². The molecule has 2 aromatic heterocycles. The number of benzene rings is 1. The van der Waals surface area contributed by atoms with Gasteiger partial charge in [-0.2, -0.15) is 5.10 Å². The van der Waals surface area contributed by atoms with Gasteiger partial charge in [0.05, 0.1) is 22.9 Å². The van der Waals surface area contributed by atoms with E-state index < -0.39 is 0 Å². The number of carbonyl (C=O) groups is 1. The van der Waals surface area contributed by atoms with Crippen LogP contribution < -0.4 is 5.84 Å². The van der Waals surface area contributed by atoms with Gasteiger partial charge < -0.3 is 5.84 Å². The predicted octanol–water partition coefficient (Wildman–Crippen LogP) is 2.45. The third-order valence-corrected chi connectivity index (χ3v) is 5.72. The van der Waals surface area contributed by atoms with Crippen LogP contribution in [0.15, 0.2) is 58.1 Å². The number of carbonyl (C=O) groups excluding carboxylic acids is 1. The van der Waals surface area contributed by atoms with Crippen molar-refractivity contribution in [1.82, 2.24) is 19.9 Å². The number of hydrazone groups is 1. The number of amides is 1. The van der Waals surface area contributed by atoms with Crippen molar-refractivity contribution in [3.63, 3.8) is 0 Å². The molecule has 0 saturated heterocycles. The Bertz CT molecular complexity index is 936. The number of nitrogen functional groups attached to an aromatic ring is 1. The SMILES string of the molecule is Nn1c(SCC(=O)N2CCC(c3ccccc3)=N2)nnc1-c1cccs1. The van der Waals surface area contributed by atoms with Gasteiger partial charge in [-0.3, -0.25) is 4.79 Å². The maximum Gasteiger partial charge on any atom is 0.253 e. The molecule has 0 saturated carbocycles. The molecular weight excluding hydrogens is 368 g/mol. The Balaban J connectivity index is 1.40. The highest BCUT2D eigenvalue weighted by molar-refractivity contribution is 7.99. The normalized spacial score (nSPS) is 13.8. The lowest BCUT2D eigenvalue weighted by Crippen LogP contribution is -2.25. The summed E-state index contributed by atoms with van der Waals surface area (Å²) in [5.41, 5.74) is 1.99. The summed E-state index contributed by atoms with van der Waals surface area (Å²) in [6.45, 7) is 0.597. The Kier molecular flexibility index (Phi) is 4.72. The first-order valence-electron chi connectivity index (χ1n) is 8.03. The highest BCUT2D eigenvalue weighted by atomic mass is 32.2. The largest absolute Gasteiger partial charge is 0.335 e. The fraction of sp³-hybridized carbons (Fsp3) is 0.176. The zero-order chi connectivity index (χ0) is 17.9. The molecule has 9 heteroatoms. The van der Waals surface area contributed by atoms with E-state index in [4.69, 9.17) is 5.84 Å². The topological polar surface area (TPSA) is 89.4 Å². The molecule has 0 fully saturated rings. The second kappa shape index (κ2) is 7.30. The standard InChI is InChI=1S/C17H16N6OS2/c18-23-16(14-7-4-10-25-14)19-20-17(23)26-11-15(24)22-9-8-13(21-22)12-5-2-1-3-6-12/h1-7,10H,8-9,11,18H2. The van der Waals surface area contributed by atoms with Crippen LogP contribution in [-0.4, -0.2) is 43.8 Å². The predicted molar refractivity (Wildman–Crippen MR) is 104 cm³/mol. The minimum Gasteiger partial charge on any atom is -0.335 e. The molecule has 0 radical (unpaired) electrons. The first kappa shape index (κ1) is 16.8. The molecule has 0 bridgehead atoms. The fourth-order valence-corrected chi connectivity index (χ4v) is 4.05. The van der Waals surface area contributed by atoms with E-state index in [-0.39, 0.29) is 11.7 Å². The van der Waals surface area contributed by atoms with Gasteiger partial charge in [-0.1, -0.05) is 48.2 Å². The average Bonchev–Trinajstić information content (AvgIpc) is 3.41. The maximum atomic E-state index is 12.4. The van der Waals surface area contributed by atoms with Gasteiger partial charge in [0.2, 0.25) is 5.16 Å². The van der Waals surface area contributed by atoms with Crippen LogP contribution in [0.4, 0.5) is 0 Å². The molecule has 1 amide bonds. The highest BCUT2D eigenvalue weighted by Crippen LogP contribution is 2.25. The van der Waals surface area contributed by atoms with E-state index in [9.17, 15) is 4.79 Å². The Hall–Kier alpha value is -2.65. The Morgan fingerprint density at radius 2 is 2.04 bits per heavy atom. The smallest absolute Gasteiger partial charge is 0.253 e. The van der Waals surface area contributed by atoms with E-state index in [1.165, 1.54) is 21.4 Å². The van der Waals surface area contributed by atoms with Crippen molar-refractivity contribution < 1.29 is 4.79 Å². The lowest BCUT2D eigenvalue weighted by molar-refractivity contribution is -0.127. The molecule has 3 heterocycles.